The zero-order chi connectivity index (χ0) is 10.6. The van der Waals surface area contributed by atoms with Crippen LogP contribution >= 0.6 is 0 Å². The SMILES string of the molecule is [CH2]C(CO)CCCCCCCCC=C. The Balaban J connectivity index is 2.95. The fraction of sp³-hybridized carbons (Fsp3) is 0.769. The first kappa shape index (κ1) is 13.7. The molecule has 0 aliphatic heterocycles. The highest BCUT2D eigenvalue weighted by Gasteiger charge is 1.98. The van der Waals surface area contributed by atoms with E-state index in [9.17, 15) is 0 Å². The summed E-state index contributed by atoms with van der Waals surface area (Å²) in [5.41, 5.74) is 0. The van der Waals surface area contributed by atoms with Gasteiger partial charge in [-0.3, -0.25) is 0 Å². The van der Waals surface area contributed by atoms with Gasteiger partial charge in [-0.05, 0) is 32.1 Å². The number of aliphatic hydroxyl groups excluding tert-OH is 1. The summed E-state index contributed by atoms with van der Waals surface area (Å²) in [6.45, 7) is 7.80. The Kier molecular flexibility index (Phi) is 10.5. The Morgan fingerprint density at radius 2 is 1.57 bits per heavy atom. The van der Waals surface area contributed by atoms with Gasteiger partial charge < -0.3 is 5.11 Å². The molecule has 0 aromatic rings. The van der Waals surface area contributed by atoms with Crippen LogP contribution in [0.5, 0.6) is 0 Å². The van der Waals surface area contributed by atoms with Crippen LogP contribution < -0.4 is 0 Å². The van der Waals surface area contributed by atoms with Gasteiger partial charge in [0.1, 0.15) is 0 Å². The lowest BCUT2D eigenvalue weighted by molar-refractivity contribution is 0.242. The standard InChI is InChI=1S/C13H25O/c1-3-4-5-6-7-8-9-10-11-13(2)12-14/h3,13-14H,1-2,4-12H2. The zero-order valence-electron chi connectivity index (χ0n) is 9.38. The Morgan fingerprint density at radius 3 is 2.14 bits per heavy atom. The fourth-order valence-corrected chi connectivity index (χ4v) is 1.52. The fourth-order valence-electron chi connectivity index (χ4n) is 1.52. The topological polar surface area (TPSA) is 20.2 Å². The highest BCUT2D eigenvalue weighted by molar-refractivity contribution is 4.65. The van der Waals surface area contributed by atoms with Crippen molar-refractivity contribution in [2.45, 2.75) is 51.4 Å². The van der Waals surface area contributed by atoms with E-state index in [2.05, 4.69) is 13.5 Å². The first-order chi connectivity index (χ1) is 6.81. The normalized spacial score (nSPS) is 12.7. The summed E-state index contributed by atoms with van der Waals surface area (Å²) >= 11 is 0. The first-order valence-corrected chi connectivity index (χ1v) is 5.86. The molecule has 1 heteroatoms. The minimum atomic E-state index is 0.235. The van der Waals surface area contributed by atoms with Crippen LogP contribution in [0, 0.1) is 12.8 Å². The van der Waals surface area contributed by atoms with Crippen molar-refractivity contribution < 1.29 is 5.11 Å². The van der Waals surface area contributed by atoms with Crippen molar-refractivity contribution in [2.24, 2.45) is 5.92 Å². The lowest BCUT2D eigenvalue weighted by Crippen LogP contribution is -2.00. The number of rotatable bonds is 10. The van der Waals surface area contributed by atoms with Crippen LogP contribution in [0.15, 0.2) is 12.7 Å². The van der Waals surface area contributed by atoms with Crippen LogP contribution in [0.1, 0.15) is 51.4 Å². The third kappa shape index (κ3) is 9.79. The molecule has 0 fully saturated rings. The van der Waals surface area contributed by atoms with Crippen molar-refractivity contribution in [2.75, 3.05) is 6.61 Å². The van der Waals surface area contributed by atoms with Crippen LogP contribution in [-0.4, -0.2) is 11.7 Å². The smallest absolute Gasteiger partial charge is 0.0459 e. The molecular weight excluding hydrogens is 172 g/mol. The number of allylic oxidation sites excluding steroid dienone is 1. The highest BCUT2D eigenvalue weighted by Crippen LogP contribution is 2.11. The number of hydrogen-bond acceptors (Lipinski definition) is 1. The van der Waals surface area contributed by atoms with Crippen molar-refractivity contribution in [3.8, 4) is 0 Å². The van der Waals surface area contributed by atoms with Gasteiger partial charge in [0.05, 0.1) is 0 Å². The Labute approximate surface area is 89.2 Å². The third-order valence-corrected chi connectivity index (χ3v) is 2.53. The van der Waals surface area contributed by atoms with E-state index >= 15 is 0 Å². The van der Waals surface area contributed by atoms with Gasteiger partial charge in [0.15, 0.2) is 0 Å². The van der Waals surface area contributed by atoms with Crippen molar-refractivity contribution in [1.82, 2.24) is 0 Å². The molecule has 0 saturated carbocycles. The van der Waals surface area contributed by atoms with Crippen LogP contribution in [-0.2, 0) is 0 Å². The number of unbranched alkanes of at least 4 members (excludes halogenated alkanes) is 6. The van der Waals surface area contributed by atoms with Crippen LogP contribution in [0.3, 0.4) is 0 Å². The molecule has 83 valence electrons. The second-order valence-electron chi connectivity index (χ2n) is 4.04. The molecule has 0 aromatic carbocycles. The van der Waals surface area contributed by atoms with E-state index in [0.717, 1.165) is 12.8 Å². The lowest BCUT2D eigenvalue weighted by atomic mass is 10.0. The van der Waals surface area contributed by atoms with E-state index in [-0.39, 0.29) is 12.5 Å². The first-order valence-electron chi connectivity index (χ1n) is 5.86. The maximum atomic E-state index is 8.76. The van der Waals surface area contributed by atoms with E-state index < -0.39 is 0 Å². The van der Waals surface area contributed by atoms with Crippen LogP contribution in [0.4, 0.5) is 0 Å². The molecule has 0 aliphatic rings. The third-order valence-electron chi connectivity index (χ3n) is 2.53. The monoisotopic (exact) mass is 197 g/mol. The van der Waals surface area contributed by atoms with Crippen molar-refractivity contribution in [1.29, 1.82) is 0 Å². The minimum absolute atomic E-state index is 0.235. The van der Waals surface area contributed by atoms with Gasteiger partial charge in [-0.1, -0.05) is 38.2 Å². The van der Waals surface area contributed by atoms with E-state index in [0.29, 0.717) is 0 Å². The molecule has 0 rings (SSSR count). The summed E-state index contributed by atoms with van der Waals surface area (Å²) in [5.74, 6) is 0.246. The summed E-state index contributed by atoms with van der Waals surface area (Å²) in [6, 6.07) is 0. The molecule has 0 bridgehead atoms. The summed E-state index contributed by atoms with van der Waals surface area (Å²) in [5, 5.41) is 8.76. The Morgan fingerprint density at radius 1 is 1.00 bits per heavy atom. The maximum absolute atomic E-state index is 8.76. The van der Waals surface area contributed by atoms with E-state index in [1.165, 1.54) is 38.5 Å². The molecule has 14 heavy (non-hydrogen) atoms. The molecule has 1 radical (unpaired) electrons. The Bertz CT molecular complexity index is 120. The van der Waals surface area contributed by atoms with Gasteiger partial charge in [0.2, 0.25) is 0 Å². The summed E-state index contributed by atoms with van der Waals surface area (Å²) in [7, 11) is 0. The molecule has 1 N–H and O–H groups in total. The highest BCUT2D eigenvalue weighted by atomic mass is 16.3. The second-order valence-corrected chi connectivity index (χ2v) is 4.04. The molecule has 0 aliphatic carbocycles. The van der Waals surface area contributed by atoms with Crippen LogP contribution in [0.25, 0.3) is 0 Å². The van der Waals surface area contributed by atoms with Gasteiger partial charge in [-0.25, -0.2) is 0 Å². The summed E-state index contributed by atoms with van der Waals surface area (Å²) in [6.07, 6.45) is 12.0. The largest absolute Gasteiger partial charge is 0.396 e. The molecule has 1 nitrogen and oxygen atoms in total. The van der Waals surface area contributed by atoms with Crippen molar-refractivity contribution in [3.63, 3.8) is 0 Å². The van der Waals surface area contributed by atoms with Gasteiger partial charge in [0.25, 0.3) is 0 Å². The molecule has 0 saturated heterocycles. The maximum Gasteiger partial charge on any atom is 0.0459 e. The predicted octanol–water partition coefficient (Wildman–Crippen LogP) is 3.74. The van der Waals surface area contributed by atoms with E-state index in [1.807, 2.05) is 6.08 Å². The molecule has 0 heterocycles. The molecule has 1 atom stereocenters. The average molecular weight is 197 g/mol. The zero-order valence-corrected chi connectivity index (χ0v) is 9.38. The minimum Gasteiger partial charge on any atom is -0.396 e. The van der Waals surface area contributed by atoms with Crippen LogP contribution in [0.2, 0.25) is 0 Å². The number of aliphatic hydroxyl groups is 1. The summed E-state index contributed by atoms with van der Waals surface area (Å²) in [4.78, 5) is 0. The van der Waals surface area contributed by atoms with Gasteiger partial charge in [-0.15, -0.1) is 6.58 Å². The van der Waals surface area contributed by atoms with E-state index in [4.69, 9.17) is 5.11 Å². The number of hydrogen-bond donors (Lipinski definition) is 1. The molecule has 0 amide bonds. The second kappa shape index (κ2) is 10.8. The average Bonchev–Trinajstić information content (AvgIpc) is 2.21. The summed E-state index contributed by atoms with van der Waals surface area (Å²) < 4.78 is 0. The van der Waals surface area contributed by atoms with Crippen molar-refractivity contribution >= 4 is 0 Å². The molecule has 1 unspecified atom stereocenters. The molecular formula is C13H25O. The molecule has 0 aromatic heterocycles. The van der Waals surface area contributed by atoms with Gasteiger partial charge >= 0.3 is 0 Å². The van der Waals surface area contributed by atoms with E-state index in [1.54, 1.807) is 0 Å². The lowest BCUT2D eigenvalue weighted by Gasteiger charge is -2.06. The quantitative estimate of drug-likeness (QED) is 0.418. The van der Waals surface area contributed by atoms with Crippen molar-refractivity contribution in [3.05, 3.63) is 19.6 Å². The Hall–Kier alpha value is -0.300. The molecule has 0 spiro atoms. The predicted molar refractivity (Wildman–Crippen MR) is 63.1 cm³/mol. The van der Waals surface area contributed by atoms with Gasteiger partial charge in [-0.2, -0.15) is 0 Å². The van der Waals surface area contributed by atoms with Gasteiger partial charge in [0, 0.05) is 6.61 Å².